The average molecular weight is 522 g/mol. The van der Waals surface area contributed by atoms with Gasteiger partial charge >= 0.3 is 0 Å². The summed E-state index contributed by atoms with van der Waals surface area (Å²) >= 11 is 18.5. The van der Waals surface area contributed by atoms with Gasteiger partial charge in [0.05, 0.1) is 20.8 Å². The first-order chi connectivity index (χ1) is 15.2. The third-order valence-electron chi connectivity index (χ3n) is 4.46. The van der Waals surface area contributed by atoms with Crippen molar-refractivity contribution in [1.29, 1.82) is 0 Å². The summed E-state index contributed by atoms with van der Waals surface area (Å²) in [5.74, 6) is 0.327. The molecule has 0 fully saturated rings. The second kappa shape index (κ2) is 10.3. The normalized spacial score (nSPS) is 13.7. The second-order valence-corrected chi connectivity index (χ2v) is 9.84. The molecule has 32 heavy (non-hydrogen) atoms. The third-order valence-corrected chi connectivity index (χ3v) is 6.96. The molecule has 2 heterocycles. The van der Waals surface area contributed by atoms with Crippen LogP contribution in [0.15, 0.2) is 30.6 Å². The lowest BCUT2D eigenvalue weighted by Crippen LogP contribution is -2.33. The first-order valence-electron chi connectivity index (χ1n) is 9.09. The number of hydrogen-bond donors (Lipinski definition) is 1. The van der Waals surface area contributed by atoms with E-state index in [0.717, 1.165) is 0 Å². The summed E-state index contributed by atoms with van der Waals surface area (Å²) in [6.07, 6.45) is 1.73. The van der Waals surface area contributed by atoms with Crippen molar-refractivity contribution < 1.29 is 17.9 Å². The van der Waals surface area contributed by atoms with Gasteiger partial charge < -0.3 is 9.47 Å². The van der Waals surface area contributed by atoms with Crippen LogP contribution in [-0.4, -0.2) is 52.6 Å². The van der Waals surface area contributed by atoms with Crippen molar-refractivity contribution in [2.45, 2.75) is 24.9 Å². The van der Waals surface area contributed by atoms with E-state index in [-0.39, 0.29) is 34.2 Å². The van der Waals surface area contributed by atoms with Crippen molar-refractivity contribution in [3.63, 3.8) is 0 Å². The fourth-order valence-corrected chi connectivity index (χ4v) is 4.70. The first-order valence-corrected chi connectivity index (χ1v) is 11.8. The van der Waals surface area contributed by atoms with Crippen molar-refractivity contribution in [3.05, 3.63) is 57.3 Å². The lowest BCUT2D eigenvalue weighted by Gasteiger charge is -2.22. The van der Waals surface area contributed by atoms with Gasteiger partial charge in [-0.3, -0.25) is 9.29 Å². The number of methoxy groups -OCH3 is 2. The van der Waals surface area contributed by atoms with E-state index in [2.05, 4.69) is 24.9 Å². The molecule has 0 aliphatic heterocycles. The topological polar surface area (TPSA) is 121 Å². The van der Waals surface area contributed by atoms with Crippen LogP contribution in [0.1, 0.15) is 24.7 Å². The molecule has 0 amide bonds. The Morgan fingerprint density at radius 3 is 2.28 bits per heavy atom. The van der Waals surface area contributed by atoms with Crippen LogP contribution in [-0.2, 0) is 26.1 Å². The molecule has 3 aromatic rings. The highest BCUT2D eigenvalue weighted by Crippen LogP contribution is 2.32. The quantitative estimate of drug-likeness (QED) is 0.452. The molecule has 0 spiro atoms. The van der Waals surface area contributed by atoms with Gasteiger partial charge in [-0.2, -0.15) is 0 Å². The first kappa shape index (κ1) is 24.6. The van der Waals surface area contributed by atoms with Gasteiger partial charge in [-0.25, -0.2) is 18.4 Å². The van der Waals surface area contributed by atoms with Crippen LogP contribution in [0.5, 0.6) is 0 Å². The van der Waals surface area contributed by atoms with E-state index in [1.54, 1.807) is 18.2 Å². The molecule has 2 atom stereocenters. The minimum absolute atomic E-state index is 0.0329. The number of ether oxygens (including phenoxy) is 2. The van der Waals surface area contributed by atoms with E-state index in [4.69, 9.17) is 44.3 Å². The number of nitrogens with one attached hydrogen (secondary N) is 1. The number of benzene rings is 1. The molecule has 1 N–H and O–H groups in total. The summed E-state index contributed by atoms with van der Waals surface area (Å²) in [6.45, 7) is 1.48. The lowest BCUT2D eigenvalue weighted by molar-refractivity contribution is 0.0950. The maximum atomic E-state index is 13.2. The van der Waals surface area contributed by atoms with Crippen molar-refractivity contribution in [1.82, 2.24) is 24.7 Å². The van der Waals surface area contributed by atoms with Crippen LogP contribution in [0, 0.1) is 0 Å². The minimum atomic E-state index is -4.08. The number of sulfonamides is 1. The summed E-state index contributed by atoms with van der Waals surface area (Å²) in [4.78, 5) is 8.13. The second-order valence-electron chi connectivity index (χ2n) is 6.55. The van der Waals surface area contributed by atoms with Crippen molar-refractivity contribution in [2.75, 3.05) is 18.9 Å². The van der Waals surface area contributed by atoms with Crippen LogP contribution in [0.2, 0.25) is 15.1 Å². The zero-order valence-corrected chi connectivity index (χ0v) is 20.2. The van der Waals surface area contributed by atoms with Crippen molar-refractivity contribution in [2.24, 2.45) is 0 Å². The SMILES string of the molecule is COCc1nnc(NS(=O)(=O)C(C)C(OC)c2ncc(Cl)cn2)n1-c1c(Cl)cccc1Cl. The van der Waals surface area contributed by atoms with E-state index in [0.29, 0.717) is 10.7 Å². The predicted molar refractivity (Wildman–Crippen MR) is 121 cm³/mol. The molecule has 3 rings (SSSR count). The van der Waals surface area contributed by atoms with E-state index in [1.807, 2.05) is 0 Å². The van der Waals surface area contributed by atoms with Gasteiger partial charge in [-0.05, 0) is 19.1 Å². The van der Waals surface area contributed by atoms with Crippen LogP contribution in [0.3, 0.4) is 0 Å². The fourth-order valence-electron chi connectivity index (χ4n) is 2.90. The summed E-state index contributed by atoms with van der Waals surface area (Å²) in [5.41, 5.74) is 0.308. The van der Waals surface area contributed by atoms with E-state index >= 15 is 0 Å². The molecule has 14 heteroatoms. The molecule has 2 aromatic heterocycles. The number of anilines is 1. The minimum Gasteiger partial charge on any atom is -0.377 e. The lowest BCUT2D eigenvalue weighted by atomic mass is 10.2. The number of rotatable bonds is 9. The molecular formula is C18H19Cl3N6O4S. The molecule has 0 saturated heterocycles. The van der Waals surface area contributed by atoms with Gasteiger partial charge in [0.1, 0.15) is 18.0 Å². The monoisotopic (exact) mass is 520 g/mol. The largest absolute Gasteiger partial charge is 0.377 e. The molecule has 1 aromatic carbocycles. The molecular weight excluding hydrogens is 503 g/mol. The number of para-hydroxylation sites is 1. The molecule has 10 nitrogen and oxygen atoms in total. The van der Waals surface area contributed by atoms with Crippen LogP contribution in [0.4, 0.5) is 5.95 Å². The van der Waals surface area contributed by atoms with Gasteiger partial charge in [-0.15, -0.1) is 10.2 Å². The summed E-state index contributed by atoms with van der Waals surface area (Å²) in [7, 11) is -1.25. The number of nitrogens with zero attached hydrogens (tertiary/aromatic N) is 5. The number of aromatic nitrogens is 5. The molecule has 0 aliphatic carbocycles. The van der Waals surface area contributed by atoms with E-state index in [9.17, 15) is 8.42 Å². The van der Waals surface area contributed by atoms with Gasteiger partial charge in [0.2, 0.25) is 16.0 Å². The fraction of sp³-hybridized carbons (Fsp3) is 0.333. The van der Waals surface area contributed by atoms with Crippen molar-refractivity contribution in [3.8, 4) is 5.69 Å². The Hall–Kier alpha value is -2.02. The number of hydrogen-bond acceptors (Lipinski definition) is 8. The Morgan fingerprint density at radius 2 is 1.72 bits per heavy atom. The van der Waals surface area contributed by atoms with Gasteiger partial charge in [-0.1, -0.05) is 40.9 Å². The Kier molecular flexibility index (Phi) is 7.91. The standard InChI is InChI=1S/C18H19Cl3N6O4S/c1-10(16(31-3)17-22-7-11(19)8-23-17)32(28,29)26-18-25-24-14(9-30-2)27(18)15-12(20)5-4-6-13(15)21/h4-8,10,16H,9H2,1-3H3,(H,25,26). The number of halogens is 3. The van der Waals surface area contributed by atoms with Crippen molar-refractivity contribution >= 4 is 50.8 Å². The maximum Gasteiger partial charge on any atom is 0.243 e. The Labute approximate surface area is 199 Å². The summed E-state index contributed by atoms with van der Waals surface area (Å²) < 4.78 is 40.8. The zero-order chi connectivity index (χ0) is 23.5. The smallest absolute Gasteiger partial charge is 0.243 e. The molecule has 0 aliphatic rings. The van der Waals surface area contributed by atoms with Crippen LogP contribution >= 0.6 is 34.8 Å². The van der Waals surface area contributed by atoms with Gasteiger partial charge in [0, 0.05) is 26.6 Å². The molecule has 0 saturated carbocycles. The van der Waals surface area contributed by atoms with E-state index < -0.39 is 21.4 Å². The van der Waals surface area contributed by atoms with Crippen LogP contribution < -0.4 is 4.72 Å². The molecule has 2 unspecified atom stereocenters. The molecule has 0 bridgehead atoms. The summed E-state index contributed by atoms with van der Waals surface area (Å²) in [6, 6.07) is 4.88. The Morgan fingerprint density at radius 1 is 1.09 bits per heavy atom. The maximum absolute atomic E-state index is 13.2. The highest BCUT2D eigenvalue weighted by molar-refractivity contribution is 7.93. The molecule has 0 radical (unpaired) electrons. The van der Waals surface area contributed by atoms with Gasteiger partial charge in [0.25, 0.3) is 0 Å². The highest BCUT2D eigenvalue weighted by Gasteiger charge is 2.34. The Bertz CT molecular complexity index is 1170. The Balaban J connectivity index is 2.01. The van der Waals surface area contributed by atoms with E-state index in [1.165, 1.54) is 38.1 Å². The summed E-state index contributed by atoms with van der Waals surface area (Å²) in [5, 5.41) is 7.72. The van der Waals surface area contributed by atoms with Gasteiger partial charge in [0.15, 0.2) is 11.6 Å². The zero-order valence-electron chi connectivity index (χ0n) is 17.2. The molecule has 172 valence electrons. The predicted octanol–water partition coefficient (Wildman–Crippen LogP) is 3.68. The third kappa shape index (κ3) is 5.13. The van der Waals surface area contributed by atoms with Crippen LogP contribution in [0.25, 0.3) is 5.69 Å². The highest BCUT2D eigenvalue weighted by atomic mass is 35.5. The average Bonchev–Trinajstić information content (AvgIpc) is 3.11.